The van der Waals surface area contributed by atoms with Crippen LogP contribution in [0.15, 0.2) is 35.7 Å². The first-order valence-electron chi connectivity index (χ1n) is 9.14. The average molecular weight is 357 g/mol. The summed E-state index contributed by atoms with van der Waals surface area (Å²) in [6.07, 6.45) is 1.33. The molecule has 3 nitrogen and oxygen atoms in total. The largest absolute Gasteiger partial charge is 0.347 e. The number of hydrogen-bond donors (Lipinski definition) is 1. The van der Waals surface area contributed by atoms with Crippen molar-refractivity contribution in [1.82, 2.24) is 10.2 Å². The van der Waals surface area contributed by atoms with Gasteiger partial charge < -0.3 is 5.32 Å². The molecule has 1 aliphatic rings. The minimum Gasteiger partial charge on any atom is -0.347 e. The minimum absolute atomic E-state index is 0.0301. The zero-order valence-electron chi connectivity index (χ0n) is 15.4. The summed E-state index contributed by atoms with van der Waals surface area (Å²) in [6.45, 7) is 10.6. The van der Waals surface area contributed by atoms with E-state index in [2.05, 4.69) is 48.3 Å². The number of thiophene rings is 1. The second-order valence-electron chi connectivity index (χ2n) is 7.52. The van der Waals surface area contributed by atoms with Gasteiger partial charge in [0.15, 0.2) is 0 Å². The van der Waals surface area contributed by atoms with E-state index in [0.717, 1.165) is 28.8 Å². The number of likely N-dealkylation sites (tertiary alicyclic amines) is 1. The van der Waals surface area contributed by atoms with E-state index in [1.165, 1.54) is 42.0 Å². The molecule has 134 valence electrons. The maximum absolute atomic E-state index is 12.4. The molecule has 1 aromatic carbocycles. The Kier molecular flexibility index (Phi) is 5.92. The van der Waals surface area contributed by atoms with Crippen LogP contribution in [0.5, 0.6) is 0 Å². The molecule has 1 saturated heterocycles. The Morgan fingerprint density at radius 1 is 1.16 bits per heavy atom. The summed E-state index contributed by atoms with van der Waals surface area (Å²) in [5, 5.41) is 5.06. The minimum atomic E-state index is 0.0301. The van der Waals surface area contributed by atoms with E-state index in [-0.39, 0.29) is 5.91 Å². The van der Waals surface area contributed by atoms with Crippen molar-refractivity contribution in [2.45, 2.75) is 40.3 Å². The van der Waals surface area contributed by atoms with Crippen LogP contribution >= 0.6 is 11.3 Å². The molecule has 0 aliphatic carbocycles. The maximum atomic E-state index is 12.4. The molecule has 0 spiro atoms. The molecule has 3 rings (SSSR count). The van der Waals surface area contributed by atoms with E-state index < -0.39 is 0 Å². The van der Waals surface area contributed by atoms with Crippen LogP contribution in [0.1, 0.15) is 46.6 Å². The summed E-state index contributed by atoms with van der Waals surface area (Å²) in [4.78, 5) is 15.8. The Morgan fingerprint density at radius 3 is 2.48 bits per heavy atom. The highest BCUT2D eigenvalue weighted by molar-refractivity contribution is 7.12. The van der Waals surface area contributed by atoms with E-state index in [1.54, 1.807) is 0 Å². The van der Waals surface area contributed by atoms with Gasteiger partial charge in [-0.2, -0.15) is 0 Å². The van der Waals surface area contributed by atoms with Gasteiger partial charge in [-0.05, 0) is 53.3 Å². The Hall–Kier alpha value is -1.65. The SMILES string of the molecule is Cc1ccsc1C(=O)NCc1ccccc1CN1CC(C)CC(C)C1. The van der Waals surface area contributed by atoms with Crippen molar-refractivity contribution < 1.29 is 4.79 Å². The highest BCUT2D eigenvalue weighted by Gasteiger charge is 2.22. The summed E-state index contributed by atoms with van der Waals surface area (Å²) in [5.74, 6) is 1.55. The number of hydrogen-bond acceptors (Lipinski definition) is 3. The van der Waals surface area contributed by atoms with Gasteiger partial charge >= 0.3 is 0 Å². The monoisotopic (exact) mass is 356 g/mol. The van der Waals surface area contributed by atoms with Gasteiger partial charge in [-0.15, -0.1) is 11.3 Å². The van der Waals surface area contributed by atoms with Gasteiger partial charge in [0.25, 0.3) is 5.91 Å². The lowest BCUT2D eigenvalue weighted by atomic mass is 9.91. The van der Waals surface area contributed by atoms with Crippen LogP contribution in [0.25, 0.3) is 0 Å². The zero-order chi connectivity index (χ0) is 17.8. The molecule has 2 heterocycles. The molecule has 0 saturated carbocycles. The molecular weight excluding hydrogens is 328 g/mol. The van der Waals surface area contributed by atoms with Crippen LogP contribution in [0, 0.1) is 18.8 Å². The van der Waals surface area contributed by atoms with Gasteiger partial charge in [-0.1, -0.05) is 38.1 Å². The van der Waals surface area contributed by atoms with Gasteiger partial charge in [0, 0.05) is 26.2 Å². The number of benzene rings is 1. The first-order valence-corrected chi connectivity index (χ1v) is 10.0. The molecule has 4 heteroatoms. The second-order valence-corrected chi connectivity index (χ2v) is 8.44. The van der Waals surface area contributed by atoms with Gasteiger partial charge in [-0.25, -0.2) is 0 Å². The number of carbonyl (C=O) groups excluding carboxylic acids is 1. The highest BCUT2D eigenvalue weighted by atomic mass is 32.1. The van der Waals surface area contributed by atoms with Crippen LogP contribution in [0.4, 0.5) is 0 Å². The molecule has 0 bridgehead atoms. The van der Waals surface area contributed by atoms with Crippen molar-refractivity contribution in [3.8, 4) is 0 Å². The van der Waals surface area contributed by atoms with Crippen LogP contribution < -0.4 is 5.32 Å². The molecule has 25 heavy (non-hydrogen) atoms. The fraction of sp³-hybridized carbons (Fsp3) is 0.476. The predicted molar refractivity (Wildman–Crippen MR) is 105 cm³/mol. The first-order chi connectivity index (χ1) is 12.0. The van der Waals surface area contributed by atoms with Gasteiger partial charge in [0.1, 0.15) is 0 Å². The lowest BCUT2D eigenvalue weighted by Gasteiger charge is -2.35. The Morgan fingerprint density at radius 2 is 1.84 bits per heavy atom. The molecule has 2 unspecified atom stereocenters. The lowest BCUT2D eigenvalue weighted by molar-refractivity contribution is 0.0954. The number of amides is 1. The van der Waals surface area contributed by atoms with Crippen molar-refractivity contribution in [2.75, 3.05) is 13.1 Å². The summed E-state index contributed by atoms with van der Waals surface area (Å²) >= 11 is 1.51. The highest BCUT2D eigenvalue weighted by Crippen LogP contribution is 2.23. The summed E-state index contributed by atoms with van der Waals surface area (Å²) in [5.41, 5.74) is 3.59. The molecule has 2 atom stereocenters. The third-order valence-corrected chi connectivity index (χ3v) is 5.98. The van der Waals surface area contributed by atoms with Crippen LogP contribution in [0.2, 0.25) is 0 Å². The third-order valence-electron chi connectivity index (χ3n) is 4.96. The van der Waals surface area contributed by atoms with Crippen LogP contribution in [-0.4, -0.2) is 23.9 Å². The van der Waals surface area contributed by atoms with E-state index in [9.17, 15) is 4.79 Å². The number of nitrogens with one attached hydrogen (secondary N) is 1. The summed E-state index contributed by atoms with van der Waals surface area (Å²) in [7, 11) is 0. The molecule has 2 aromatic rings. The molecule has 1 aliphatic heterocycles. The van der Waals surface area contributed by atoms with Gasteiger partial charge in [0.2, 0.25) is 0 Å². The van der Waals surface area contributed by atoms with Crippen molar-refractivity contribution in [3.63, 3.8) is 0 Å². The smallest absolute Gasteiger partial charge is 0.261 e. The van der Waals surface area contributed by atoms with Gasteiger partial charge in [-0.3, -0.25) is 9.69 Å². The average Bonchev–Trinajstić information content (AvgIpc) is 2.99. The molecule has 1 fully saturated rings. The van der Waals surface area contributed by atoms with Crippen molar-refractivity contribution >= 4 is 17.2 Å². The first kappa shape index (κ1) is 18.2. The van der Waals surface area contributed by atoms with Crippen molar-refractivity contribution in [2.24, 2.45) is 11.8 Å². The zero-order valence-corrected chi connectivity index (χ0v) is 16.2. The van der Waals surface area contributed by atoms with Crippen LogP contribution in [-0.2, 0) is 13.1 Å². The van der Waals surface area contributed by atoms with Crippen LogP contribution in [0.3, 0.4) is 0 Å². The fourth-order valence-corrected chi connectivity index (χ4v) is 4.75. The number of nitrogens with zero attached hydrogens (tertiary/aromatic N) is 1. The van der Waals surface area contributed by atoms with E-state index in [4.69, 9.17) is 0 Å². The van der Waals surface area contributed by atoms with E-state index >= 15 is 0 Å². The maximum Gasteiger partial charge on any atom is 0.261 e. The van der Waals surface area contributed by atoms with Gasteiger partial charge in [0.05, 0.1) is 4.88 Å². The molecule has 1 N–H and O–H groups in total. The standard InChI is InChI=1S/C21H28N2OS/c1-15-10-16(2)13-23(12-15)14-19-7-5-4-6-18(19)11-22-21(24)20-17(3)8-9-25-20/h4-9,15-16H,10-14H2,1-3H3,(H,22,24). The third kappa shape index (κ3) is 4.71. The Balaban J connectivity index is 1.65. The second kappa shape index (κ2) is 8.15. The molecule has 1 aromatic heterocycles. The molecule has 1 amide bonds. The quantitative estimate of drug-likeness (QED) is 0.857. The van der Waals surface area contributed by atoms with E-state index in [1.807, 2.05) is 18.4 Å². The number of rotatable bonds is 5. The molecular formula is C21H28N2OS. The predicted octanol–water partition coefficient (Wildman–Crippen LogP) is 4.46. The fourth-order valence-electron chi connectivity index (χ4n) is 3.91. The summed E-state index contributed by atoms with van der Waals surface area (Å²) < 4.78 is 0. The normalized spacial score (nSPS) is 21.2. The number of aryl methyl sites for hydroxylation is 1. The number of piperidine rings is 1. The Labute approximate surface area is 155 Å². The Bertz CT molecular complexity index is 714. The van der Waals surface area contributed by atoms with E-state index in [0.29, 0.717) is 6.54 Å². The lowest BCUT2D eigenvalue weighted by Crippen LogP contribution is -2.38. The van der Waals surface area contributed by atoms with Crippen molar-refractivity contribution in [1.29, 1.82) is 0 Å². The van der Waals surface area contributed by atoms with Crippen molar-refractivity contribution in [3.05, 3.63) is 57.3 Å². The summed E-state index contributed by atoms with van der Waals surface area (Å²) in [6, 6.07) is 10.5. The topological polar surface area (TPSA) is 32.3 Å². The number of carbonyl (C=O) groups is 1. The molecule has 0 radical (unpaired) electrons.